The quantitative estimate of drug-likeness (QED) is 0.171. The summed E-state index contributed by atoms with van der Waals surface area (Å²) in [6, 6.07) is 61.0. The number of aryl methyl sites for hydroxylation is 2. The molecule has 0 atom stereocenters. The van der Waals surface area contributed by atoms with Crippen molar-refractivity contribution in [3.8, 4) is 44.8 Å². The lowest BCUT2D eigenvalue weighted by molar-refractivity contribution is 1.01. The van der Waals surface area contributed by atoms with E-state index in [0.717, 1.165) is 55.9 Å². The predicted molar refractivity (Wildman–Crippen MR) is 216 cm³/mol. The second-order valence-electron chi connectivity index (χ2n) is 13.4. The third-order valence-corrected chi connectivity index (χ3v) is 10.4. The average molecular weight is 667 g/mol. The molecule has 0 unspecified atom stereocenters. The Morgan fingerprint density at radius 3 is 1.27 bits per heavy atom. The standard InChI is InChI=1S/C48H34N4/c1-31-49-41-24-9-11-26-45(41)51(31)43-28-14-22-37-39(43)30-40-38(23-15-29-44(40)52-32(2)50-42-25-10-12-27-46(42)52)48(37)47-35(33-16-5-3-6-17-33)20-13-21-36(47)34-18-7-4-8-19-34/h3-30H,1-2H3. The third-order valence-electron chi connectivity index (χ3n) is 10.4. The second kappa shape index (κ2) is 11.9. The van der Waals surface area contributed by atoms with Crippen LogP contribution in [0.2, 0.25) is 0 Å². The van der Waals surface area contributed by atoms with Crippen molar-refractivity contribution in [3.05, 3.63) is 182 Å². The first-order chi connectivity index (χ1) is 25.7. The number of benzene rings is 8. The molecule has 0 aliphatic heterocycles. The lowest BCUT2D eigenvalue weighted by Gasteiger charge is -2.22. The Morgan fingerprint density at radius 1 is 0.365 bits per heavy atom. The summed E-state index contributed by atoms with van der Waals surface area (Å²) in [7, 11) is 0. The lowest BCUT2D eigenvalue weighted by Crippen LogP contribution is -2.02. The SMILES string of the molecule is Cc1nc2ccccc2n1-c1cccc2c(-c3c(-c4ccccc4)cccc3-c3ccccc3)c3cccc(-n4c(C)nc5ccccc54)c3cc12. The molecule has 0 bridgehead atoms. The Hall–Kier alpha value is -6.78. The minimum atomic E-state index is 0.953. The van der Waals surface area contributed by atoms with E-state index in [2.05, 4.69) is 193 Å². The van der Waals surface area contributed by atoms with Crippen LogP contribution < -0.4 is 0 Å². The molecule has 4 heteroatoms. The summed E-state index contributed by atoms with van der Waals surface area (Å²) >= 11 is 0. The fraction of sp³-hybridized carbons (Fsp3) is 0.0417. The number of para-hydroxylation sites is 4. The number of aromatic nitrogens is 4. The van der Waals surface area contributed by atoms with Gasteiger partial charge in [0.15, 0.2) is 0 Å². The van der Waals surface area contributed by atoms with E-state index >= 15 is 0 Å². The van der Waals surface area contributed by atoms with Crippen molar-refractivity contribution in [1.29, 1.82) is 0 Å². The number of fused-ring (bicyclic) bond motifs is 4. The first-order valence-corrected chi connectivity index (χ1v) is 17.8. The zero-order valence-corrected chi connectivity index (χ0v) is 29.0. The molecular formula is C48H34N4. The van der Waals surface area contributed by atoms with Crippen molar-refractivity contribution < 1.29 is 0 Å². The topological polar surface area (TPSA) is 35.6 Å². The fourth-order valence-electron chi connectivity index (χ4n) is 8.23. The average Bonchev–Trinajstić information content (AvgIpc) is 3.71. The normalized spacial score (nSPS) is 11.7. The number of hydrogen-bond donors (Lipinski definition) is 0. The van der Waals surface area contributed by atoms with Gasteiger partial charge in [-0.2, -0.15) is 0 Å². The summed E-state index contributed by atoms with van der Waals surface area (Å²) in [6.45, 7) is 4.21. The van der Waals surface area contributed by atoms with Crippen molar-refractivity contribution >= 4 is 43.6 Å². The molecule has 2 heterocycles. The van der Waals surface area contributed by atoms with Crippen LogP contribution in [0.4, 0.5) is 0 Å². The molecule has 0 saturated carbocycles. The Bertz CT molecular complexity index is 2770. The van der Waals surface area contributed by atoms with Crippen molar-refractivity contribution in [2.24, 2.45) is 0 Å². The van der Waals surface area contributed by atoms with Crippen LogP contribution in [0.5, 0.6) is 0 Å². The van der Waals surface area contributed by atoms with Crippen LogP contribution in [-0.2, 0) is 0 Å². The molecule has 0 amide bonds. The lowest BCUT2D eigenvalue weighted by atomic mass is 9.83. The van der Waals surface area contributed by atoms with Gasteiger partial charge in [0.05, 0.1) is 33.4 Å². The van der Waals surface area contributed by atoms with Crippen molar-refractivity contribution in [2.45, 2.75) is 13.8 Å². The van der Waals surface area contributed by atoms with Crippen LogP contribution in [0.1, 0.15) is 11.6 Å². The molecule has 246 valence electrons. The monoisotopic (exact) mass is 666 g/mol. The maximum Gasteiger partial charge on any atom is 0.111 e. The van der Waals surface area contributed by atoms with Crippen molar-refractivity contribution in [2.75, 3.05) is 0 Å². The van der Waals surface area contributed by atoms with Gasteiger partial charge >= 0.3 is 0 Å². The highest BCUT2D eigenvalue weighted by atomic mass is 15.1. The Kier molecular flexibility index (Phi) is 6.90. The van der Waals surface area contributed by atoms with Crippen LogP contribution in [-0.4, -0.2) is 19.1 Å². The number of hydrogen-bond acceptors (Lipinski definition) is 2. The van der Waals surface area contributed by atoms with E-state index in [4.69, 9.17) is 9.97 Å². The van der Waals surface area contributed by atoms with Crippen molar-refractivity contribution in [1.82, 2.24) is 19.1 Å². The molecular weight excluding hydrogens is 633 g/mol. The van der Waals surface area contributed by atoms with E-state index in [1.165, 1.54) is 44.2 Å². The molecule has 0 saturated heterocycles. The van der Waals surface area contributed by atoms with E-state index < -0.39 is 0 Å². The summed E-state index contributed by atoms with van der Waals surface area (Å²) in [6.07, 6.45) is 0. The Balaban J connectivity index is 1.42. The van der Waals surface area contributed by atoms with Gasteiger partial charge in [-0.05, 0) is 100 Å². The zero-order valence-electron chi connectivity index (χ0n) is 29.0. The van der Waals surface area contributed by atoms with Gasteiger partial charge in [-0.1, -0.05) is 127 Å². The van der Waals surface area contributed by atoms with E-state index in [-0.39, 0.29) is 0 Å². The van der Waals surface area contributed by atoms with E-state index in [9.17, 15) is 0 Å². The van der Waals surface area contributed by atoms with Gasteiger partial charge in [0.1, 0.15) is 11.6 Å². The molecule has 4 nitrogen and oxygen atoms in total. The Labute approximate surface area is 301 Å². The molecule has 0 aliphatic carbocycles. The molecule has 0 N–H and O–H groups in total. The van der Waals surface area contributed by atoms with Gasteiger partial charge in [0.2, 0.25) is 0 Å². The summed E-state index contributed by atoms with van der Waals surface area (Å²) in [4.78, 5) is 10.0. The minimum Gasteiger partial charge on any atom is -0.296 e. The summed E-state index contributed by atoms with van der Waals surface area (Å²) in [5, 5.41) is 4.69. The van der Waals surface area contributed by atoms with E-state index in [1.54, 1.807) is 0 Å². The van der Waals surface area contributed by atoms with Gasteiger partial charge < -0.3 is 0 Å². The summed E-state index contributed by atoms with van der Waals surface area (Å²) in [5.74, 6) is 1.91. The predicted octanol–water partition coefficient (Wildman–Crippen LogP) is 12.3. The number of rotatable bonds is 5. The number of nitrogens with zero attached hydrogens (tertiary/aromatic N) is 4. The molecule has 2 aromatic heterocycles. The fourth-order valence-corrected chi connectivity index (χ4v) is 8.23. The van der Waals surface area contributed by atoms with Crippen LogP contribution >= 0.6 is 0 Å². The second-order valence-corrected chi connectivity index (χ2v) is 13.4. The molecule has 52 heavy (non-hydrogen) atoms. The van der Waals surface area contributed by atoms with Crippen LogP contribution in [0.25, 0.3) is 88.4 Å². The first-order valence-electron chi connectivity index (χ1n) is 17.8. The maximum atomic E-state index is 5.00. The maximum absolute atomic E-state index is 5.00. The molecule has 10 rings (SSSR count). The van der Waals surface area contributed by atoms with Gasteiger partial charge in [0, 0.05) is 10.8 Å². The van der Waals surface area contributed by atoms with Crippen molar-refractivity contribution in [3.63, 3.8) is 0 Å². The zero-order chi connectivity index (χ0) is 34.8. The highest BCUT2D eigenvalue weighted by molar-refractivity contribution is 6.20. The van der Waals surface area contributed by atoms with Gasteiger partial charge in [-0.25, -0.2) is 9.97 Å². The smallest absolute Gasteiger partial charge is 0.111 e. The summed E-state index contributed by atoms with van der Waals surface area (Å²) < 4.78 is 4.63. The minimum absolute atomic E-state index is 0.953. The Morgan fingerprint density at radius 2 is 0.788 bits per heavy atom. The highest BCUT2D eigenvalue weighted by Gasteiger charge is 2.23. The number of imidazole rings is 2. The molecule has 0 spiro atoms. The largest absolute Gasteiger partial charge is 0.296 e. The first kappa shape index (κ1) is 30.1. The third kappa shape index (κ3) is 4.61. The molecule has 0 radical (unpaired) electrons. The van der Waals surface area contributed by atoms with E-state index in [0.29, 0.717) is 0 Å². The molecule has 0 aliphatic rings. The summed E-state index contributed by atoms with van der Waals surface area (Å²) in [5.41, 5.74) is 13.5. The highest BCUT2D eigenvalue weighted by Crippen LogP contribution is 2.48. The van der Waals surface area contributed by atoms with Crippen LogP contribution in [0, 0.1) is 13.8 Å². The van der Waals surface area contributed by atoms with Crippen LogP contribution in [0.15, 0.2) is 170 Å². The van der Waals surface area contributed by atoms with E-state index in [1.807, 2.05) is 0 Å². The molecule has 0 fully saturated rings. The van der Waals surface area contributed by atoms with Crippen LogP contribution in [0.3, 0.4) is 0 Å². The molecule has 10 aromatic rings. The van der Waals surface area contributed by atoms with Gasteiger partial charge in [0.25, 0.3) is 0 Å². The van der Waals surface area contributed by atoms with Gasteiger partial charge in [-0.3, -0.25) is 9.13 Å². The van der Waals surface area contributed by atoms with Gasteiger partial charge in [-0.15, -0.1) is 0 Å². The molecule has 8 aromatic carbocycles.